The van der Waals surface area contributed by atoms with Crippen molar-refractivity contribution in [3.63, 3.8) is 0 Å². The molecule has 0 aromatic heterocycles. The molecular weight excluding hydrogens is 184 g/mol. The van der Waals surface area contributed by atoms with Crippen LogP contribution in [0.15, 0.2) is 30.3 Å². The Bertz CT molecular complexity index is 326. The van der Waals surface area contributed by atoms with Crippen LogP contribution in [-0.2, 0) is 0 Å². The van der Waals surface area contributed by atoms with Crippen molar-refractivity contribution < 1.29 is 0 Å². The van der Waals surface area contributed by atoms with Crippen molar-refractivity contribution in [2.75, 3.05) is 11.9 Å². The SMILES string of the molecule is CN(C(=N)C1CCCC1)c1ccccc1. The van der Waals surface area contributed by atoms with E-state index in [1.54, 1.807) is 0 Å². The second kappa shape index (κ2) is 4.47. The summed E-state index contributed by atoms with van der Waals surface area (Å²) in [5.74, 6) is 1.26. The molecule has 0 bridgehead atoms. The number of hydrogen-bond acceptors (Lipinski definition) is 1. The molecule has 2 nitrogen and oxygen atoms in total. The summed E-state index contributed by atoms with van der Waals surface area (Å²) in [6.07, 6.45) is 4.96. The van der Waals surface area contributed by atoms with Gasteiger partial charge in [-0.3, -0.25) is 5.41 Å². The molecule has 0 unspecified atom stereocenters. The highest BCUT2D eigenvalue weighted by Crippen LogP contribution is 2.27. The third-order valence-corrected chi connectivity index (χ3v) is 3.25. The molecule has 2 rings (SSSR count). The fraction of sp³-hybridized carbons (Fsp3) is 0.462. The van der Waals surface area contributed by atoms with E-state index in [1.807, 2.05) is 30.1 Å². The zero-order chi connectivity index (χ0) is 10.7. The van der Waals surface area contributed by atoms with Gasteiger partial charge in [-0.05, 0) is 25.0 Å². The monoisotopic (exact) mass is 202 g/mol. The van der Waals surface area contributed by atoms with Crippen LogP contribution in [0, 0.1) is 11.3 Å². The summed E-state index contributed by atoms with van der Waals surface area (Å²) in [6.45, 7) is 0. The van der Waals surface area contributed by atoms with Crippen LogP contribution >= 0.6 is 0 Å². The summed E-state index contributed by atoms with van der Waals surface area (Å²) in [6, 6.07) is 10.2. The Morgan fingerprint density at radius 3 is 2.40 bits per heavy atom. The Morgan fingerprint density at radius 2 is 1.80 bits per heavy atom. The molecule has 0 radical (unpaired) electrons. The van der Waals surface area contributed by atoms with Crippen molar-refractivity contribution >= 4 is 11.5 Å². The fourth-order valence-electron chi connectivity index (χ4n) is 2.26. The van der Waals surface area contributed by atoms with Crippen molar-refractivity contribution in [1.82, 2.24) is 0 Å². The van der Waals surface area contributed by atoms with Crippen molar-refractivity contribution in [3.8, 4) is 0 Å². The largest absolute Gasteiger partial charge is 0.333 e. The minimum Gasteiger partial charge on any atom is -0.333 e. The van der Waals surface area contributed by atoms with Gasteiger partial charge in [-0.1, -0.05) is 31.0 Å². The first-order valence-corrected chi connectivity index (χ1v) is 5.66. The second-order valence-electron chi connectivity index (χ2n) is 4.26. The molecule has 1 aromatic carbocycles. The number of hydrogen-bond donors (Lipinski definition) is 1. The number of nitrogens with zero attached hydrogens (tertiary/aromatic N) is 1. The van der Waals surface area contributed by atoms with E-state index in [1.165, 1.54) is 25.7 Å². The lowest BCUT2D eigenvalue weighted by Crippen LogP contribution is -2.30. The number of rotatable bonds is 2. The summed E-state index contributed by atoms with van der Waals surface area (Å²) in [5.41, 5.74) is 1.12. The molecule has 0 atom stereocenters. The quantitative estimate of drug-likeness (QED) is 0.578. The van der Waals surface area contributed by atoms with Gasteiger partial charge in [0.1, 0.15) is 5.84 Å². The lowest BCUT2D eigenvalue weighted by atomic mass is 10.1. The molecule has 1 aliphatic carbocycles. The molecule has 0 aliphatic heterocycles. The van der Waals surface area contributed by atoms with Crippen LogP contribution < -0.4 is 4.90 Å². The van der Waals surface area contributed by atoms with Crippen LogP contribution in [0.2, 0.25) is 0 Å². The molecule has 15 heavy (non-hydrogen) atoms. The fourth-order valence-corrected chi connectivity index (χ4v) is 2.26. The Morgan fingerprint density at radius 1 is 1.20 bits per heavy atom. The molecule has 1 aromatic rings. The second-order valence-corrected chi connectivity index (χ2v) is 4.26. The van der Waals surface area contributed by atoms with E-state index in [0.29, 0.717) is 5.92 Å². The summed E-state index contributed by atoms with van der Waals surface area (Å²) < 4.78 is 0. The minimum absolute atomic E-state index is 0.482. The first-order valence-electron chi connectivity index (χ1n) is 5.66. The summed E-state index contributed by atoms with van der Waals surface area (Å²) in [5, 5.41) is 8.16. The Labute approximate surface area is 91.4 Å². The number of amidine groups is 1. The van der Waals surface area contributed by atoms with Gasteiger partial charge < -0.3 is 4.90 Å². The number of benzene rings is 1. The van der Waals surface area contributed by atoms with Crippen molar-refractivity contribution in [1.29, 1.82) is 5.41 Å². The van der Waals surface area contributed by atoms with E-state index in [9.17, 15) is 0 Å². The summed E-state index contributed by atoms with van der Waals surface area (Å²) in [4.78, 5) is 2.01. The zero-order valence-corrected chi connectivity index (χ0v) is 9.24. The first-order chi connectivity index (χ1) is 7.29. The van der Waals surface area contributed by atoms with Crippen LogP contribution in [-0.4, -0.2) is 12.9 Å². The van der Waals surface area contributed by atoms with E-state index in [2.05, 4.69) is 12.1 Å². The maximum atomic E-state index is 8.16. The topological polar surface area (TPSA) is 27.1 Å². The summed E-state index contributed by atoms with van der Waals surface area (Å²) >= 11 is 0. The molecule has 0 heterocycles. The normalized spacial score (nSPS) is 16.6. The van der Waals surface area contributed by atoms with Gasteiger partial charge in [0.2, 0.25) is 0 Å². The molecule has 2 heteroatoms. The predicted octanol–water partition coefficient (Wildman–Crippen LogP) is 3.29. The van der Waals surface area contributed by atoms with E-state index >= 15 is 0 Å². The Balaban J connectivity index is 2.07. The van der Waals surface area contributed by atoms with Gasteiger partial charge in [0.15, 0.2) is 0 Å². The molecule has 1 aliphatic rings. The van der Waals surface area contributed by atoms with Crippen LogP contribution in [0.1, 0.15) is 25.7 Å². The van der Waals surface area contributed by atoms with Crippen molar-refractivity contribution in [2.24, 2.45) is 5.92 Å². The summed E-state index contributed by atoms with van der Waals surface area (Å²) in [7, 11) is 2.00. The van der Waals surface area contributed by atoms with Gasteiger partial charge in [0.05, 0.1) is 0 Å². The molecule has 0 spiro atoms. The highest BCUT2D eigenvalue weighted by molar-refractivity contribution is 5.96. The van der Waals surface area contributed by atoms with E-state index in [0.717, 1.165) is 11.5 Å². The molecule has 80 valence electrons. The maximum Gasteiger partial charge on any atom is 0.103 e. The Hall–Kier alpha value is -1.31. The van der Waals surface area contributed by atoms with E-state index in [4.69, 9.17) is 5.41 Å². The molecule has 1 saturated carbocycles. The Kier molecular flexibility index (Phi) is 3.05. The lowest BCUT2D eigenvalue weighted by molar-refractivity contribution is 0.710. The highest BCUT2D eigenvalue weighted by Gasteiger charge is 2.22. The predicted molar refractivity (Wildman–Crippen MR) is 64.5 cm³/mol. The van der Waals surface area contributed by atoms with Gasteiger partial charge >= 0.3 is 0 Å². The average molecular weight is 202 g/mol. The van der Waals surface area contributed by atoms with E-state index in [-0.39, 0.29) is 0 Å². The molecule has 0 amide bonds. The van der Waals surface area contributed by atoms with Gasteiger partial charge in [-0.15, -0.1) is 0 Å². The van der Waals surface area contributed by atoms with Gasteiger partial charge in [0.25, 0.3) is 0 Å². The maximum absolute atomic E-state index is 8.16. The minimum atomic E-state index is 0.482. The van der Waals surface area contributed by atoms with Crippen molar-refractivity contribution in [3.05, 3.63) is 30.3 Å². The first kappa shape index (κ1) is 10.2. The molecular formula is C13H18N2. The molecule has 1 N–H and O–H groups in total. The van der Waals surface area contributed by atoms with Crippen LogP contribution in [0.5, 0.6) is 0 Å². The average Bonchev–Trinajstić information content (AvgIpc) is 2.82. The smallest absolute Gasteiger partial charge is 0.103 e. The lowest BCUT2D eigenvalue weighted by Gasteiger charge is -2.24. The number of para-hydroxylation sites is 1. The molecule has 1 fully saturated rings. The van der Waals surface area contributed by atoms with Crippen LogP contribution in [0.4, 0.5) is 5.69 Å². The zero-order valence-electron chi connectivity index (χ0n) is 9.24. The van der Waals surface area contributed by atoms with Crippen LogP contribution in [0.3, 0.4) is 0 Å². The van der Waals surface area contributed by atoms with Gasteiger partial charge in [0, 0.05) is 18.7 Å². The van der Waals surface area contributed by atoms with Crippen molar-refractivity contribution in [2.45, 2.75) is 25.7 Å². The molecule has 0 saturated heterocycles. The third-order valence-electron chi connectivity index (χ3n) is 3.25. The standard InChI is InChI=1S/C13H18N2/c1-15(12-9-3-2-4-10-12)13(14)11-7-5-6-8-11/h2-4,9-11,14H,5-8H2,1H3. The van der Waals surface area contributed by atoms with E-state index < -0.39 is 0 Å². The van der Waals surface area contributed by atoms with Crippen LogP contribution in [0.25, 0.3) is 0 Å². The number of nitrogens with one attached hydrogen (secondary N) is 1. The highest BCUT2D eigenvalue weighted by atomic mass is 15.1. The van der Waals surface area contributed by atoms with Gasteiger partial charge in [-0.2, -0.15) is 0 Å². The number of anilines is 1. The third kappa shape index (κ3) is 2.20. The van der Waals surface area contributed by atoms with Gasteiger partial charge in [-0.25, -0.2) is 0 Å².